The molecular formula is C19H18F2O5. The molecule has 0 saturated carbocycles. The quantitative estimate of drug-likeness (QED) is 0.519. The molecule has 5 nitrogen and oxygen atoms in total. The van der Waals surface area contributed by atoms with Crippen LogP contribution in [0.25, 0.3) is 6.08 Å². The molecule has 2 rings (SSSR count). The van der Waals surface area contributed by atoms with E-state index in [4.69, 9.17) is 14.2 Å². The smallest absolute Gasteiger partial charge is 0.387 e. The van der Waals surface area contributed by atoms with Gasteiger partial charge in [-0.2, -0.15) is 8.78 Å². The monoisotopic (exact) mass is 364 g/mol. The Labute approximate surface area is 149 Å². The molecule has 0 amide bonds. The topological polar surface area (TPSA) is 54.0 Å². The number of hydrogen-bond acceptors (Lipinski definition) is 5. The number of halogens is 2. The van der Waals surface area contributed by atoms with E-state index in [0.717, 1.165) is 0 Å². The van der Waals surface area contributed by atoms with Crippen LogP contribution in [-0.2, 0) is 0 Å². The zero-order chi connectivity index (χ0) is 19.1. The number of alkyl halides is 2. The Bertz CT molecular complexity index is 803. The molecule has 2 aromatic carbocycles. The fourth-order valence-corrected chi connectivity index (χ4v) is 2.27. The Kier molecular flexibility index (Phi) is 6.54. The number of allylic oxidation sites excluding steroid dienone is 1. The van der Waals surface area contributed by atoms with E-state index < -0.39 is 6.61 Å². The molecule has 0 saturated heterocycles. The van der Waals surface area contributed by atoms with Crippen LogP contribution in [0.2, 0.25) is 0 Å². The summed E-state index contributed by atoms with van der Waals surface area (Å²) < 4.78 is 44.6. The number of ether oxygens (including phenoxy) is 4. The van der Waals surface area contributed by atoms with Gasteiger partial charge in [-0.1, -0.05) is 12.1 Å². The van der Waals surface area contributed by atoms with E-state index >= 15 is 0 Å². The van der Waals surface area contributed by atoms with E-state index in [1.165, 1.54) is 51.7 Å². The van der Waals surface area contributed by atoms with Gasteiger partial charge in [-0.05, 0) is 30.4 Å². The van der Waals surface area contributed by atoms with Crippen molar-refractivity contribution in [1.82, 2.24) is 0 Å². The van der Waals surface area contributed by atoms with Crippen LogP contribution in [0.5, 0.6) is 23.0 Å². The molecule has 0 spiro atoms. The first-order chi connectivity index (χ1) is 12.5. The number of carbonyl (C=O) groups excluding carboxylic acids is 1. The van der Waals surface area contributed by atoms with Gasteiger partial charge < -0.3 is 18.9 Å². The molecule has 0 aliphatic carbocycles. The van der Waals surface area contributed by atoms with Crippen molar-refractivity contribution in [2.45, 2.75) is 6.61 Å². The first kappa shape index (κ1) is 19.2. The first-order valence-electron chi connectivity index (χ1n) is 7.55. The lowest BCUT2D eigenvalue weighted by molar-refractivity contribution is -0.0498. The molecule has 0 N–H and O–H groups in total. The van der Waals surface area contributed by atoms with Crippen molar-refractivity contribution in [1.29, 1.82) is 0 Å². The van der Waals surface area contributed by atoms with Gasteiger partial charge in [-0.3, -0.25) is 4.79 Å². The second-order valence-corrected chi connectivity index (χ2v) is 5.05. The van der Waals surface area contributed by atoms with Gasteiger partial charge in [0.05, 0.1) is 21.3 Å². The van der Waals surface area contributed by atoms with Crippen LogP contribution in [0, 0.1) is 0 Å². The highest BCUT2D eigenvalue weighted by molar-refractivity contribution is 6.07. The number of methoxy groups -OCH3 is 3. The third-order valence-electron chi connectivity index (χ3n) is 3.49. The van der Waals surface area contributed by atoms with Crippen molar-refractivity contribution in [2.24, 2.45) is 0 Å². The standard InChI is InChI=1S/C19H18F2O5/c1-23-16-11-18(25-3)17(24-2)10-13(16)7-8-15(22)12-5-4-6-14(9-12)26-19(20)21/h4-11,19H,1-3H3/b8-7+. The van der Waals surface area contributed by atoms with Gasteiger partial charge in [0, 0.05) is 17.2 Å². The lowest BCUT2D eigenvalue weighted by atomic mass is 10.1. The van der Waals surface area contributed by atoms with E-state index in [1.54, 1.807) is 18.2 Å². The average molecular weight is 364 g/mol. The molecule has 26 heavy (non-hydrogen) atoms. The zero-order valence-electron chi connectivity index (χ0n) is 14.5. The fourth-order valence-electron chi connectivity index (χ4n) is 2.27. The minimum absolute atomic E-state index is 0.0806. The molecule has 2 aromatic rings. The van der Waals surface area contributed by atoms with Gasteiger partial charge >= 0.3 is 6.61 Å². The molecule has 7 heteroatoms. The highest BCUT2D eigenvalue weighted by Crippen LogP contribution is 2.35. The Hall–Kier alpha value is -3.09. The second-order valence-electron chi connectivity index (χ2n) is 5.05. The molecule has 0 radical (unpaired) electrons. The number of hydrogen-bond donors (Lipinski definition) is 0. The summed E-state index contributed by atoms with van der Waals surface area (Å²) in [5.41, 5.74) is 0.817. The molecular weight excluding hydrogens is 346 g/mol. The van der Waals surface area contributed by atoms with Crippen molar-refractivity contribution in [3.8, 4) is 23.0 Å². The Morgan fingerprint density at radius 1 is 0.962 bits per heavy atom. The number of rotatable bonds is 8. The van der Waals surface area contributed by atoms with Gasteiger partial charge in [0.1, 0.15) is 11.5 Å². The molecule has 0 aliphatic rings. The van der Waals surface area contributed by atoms with Crippen LogP contribution < -0.4 is 18.9 Å². The summed E-state index contributed by atoms with van der Waals surface area (Å²) in [6, 6.07) is 8.89. The lowest BCUT2D eigenvalue weighted by Crippen LogP contribution is -2.03. The van der Waals surface area contributed by atoms with Crippen molar-refractivity contribution in [3.63, 3.8) is 0 Å². The Balaban J connectivity index is 2.27. The molecule has 138 valence electrons. The maximum Gasteiger partial charge on any atom is 0.387 e. The van der Waals surface area contributed by atoms with E-state index in [9.17, 15) is 13.6 Å². The van der Waals surface area contributed by atoms with Crippen LogP contribution in [0.4, 0.5) is 8.78 Å². The summed E-state index contributed by atoms with van der Waals surface area (Å²) in [4.78, 5) is 12.3. The van der Waals surface area contributed by atoms with Crippen LogP contribution in [-0.4, -0.2) is 33.7 Å². The SMILES string of the molecule is COc1cc(OC)c(OC)cc1/C=C/C(=O)c1cccc(OC(F)F)c1. The Morgan fingerprint density at radius 2 is 1.62 bits per heavy atom. The van der Waals surface area contributed by atoms with Crippen molar-refractivity contribution < 1.29 is 32.5 Å². The number of carbonyl (C=O) groups is 1. The maximum absolute atomic E-state index is 12.3. The van der Waals surface area contributed by atoms with Gasteiger partial charge in [0.2, 0.25) is 0 Å². The normalized spacial score (nSPS) is 10.8. The second kappa shape index (κ2) is 8.84. The average Bonchev–Trinajstić information content (AvgIpc) is 2.64. The fraction of sp³-hybridized carbons (Fsp3) is 0.211. The van der Waals surface area contributed by atoms with E-state index in [1.807, 2.05) is 0 Å². The molecule has 0 aliphatic heterocycles. The molecule has 0 aromatic heterocycles. The van der Waals surface area contributed by atoms with E-state index in [-0.39, 0.29) is 17.1 Å². The Morgan fingerprint density at radius 3 is 2.23 bits per heavy atom. The molecule has 0 atom stereocenters. The van der Waals surface area contributed by atoms with E-state index in [0.29, 0.717) is 22.8 Å². The van der Waals surface area contributed by atoms with Gasteiger partial charge in [0.15, 0.2) is 17.3 Å². The number of benzene rings is 2. The first-order valence-corrected chi connectivity index (χ1v) is 7.55. The van der Waals surface area contributed by atoms with Crippen molar-refractivity contribution >= 4 is 11.9 Å². The number of ketones is 1. The highest BCUT2D eigenvalue weighted by atomic mass is 19.3. The summed E-state index contributed by atoms with van der Waals surface area (Å²) in [5, 5.41) is 0. The minimum atomic E-state index is -2.95. The zero-order valence-corrected chi connectivity index (χ0v) is 14.5. The van der Waals surface area contributed by atoms with Crippen LogP contribution in [0.1, 0.15) is 15.9 Å². The molecule has 0 bridgehead atoms. The van der Waals surface area contributed by atoms with Gasteiger partial charge in [-0.15, -0.1) is 0 Å². The predicted molar refractivity (Wildman–Crippen MR) is 92.5 cm³/mol. The highest BCUT2D eigenvalue weighted by Gasteiger charge is 2.11. The lowest BCUT2D eigenvalue weighted by Gasteiger charge is -2.12. The summed E-state index contributed by atoms with van der Waals surface area (Å²) >= 11 is 0. The van der Waals surface area contributed by atoms with Gasteiger partial charge in [-0.25, -0.2) is 0 Å². The summed E-state index contributed by atoms with van der Waals surface area (Å²) in [5.74, 6) is 1.00. The van der Waals surface area contributed by atoms with Crippen molar-refractivity contribution in [2.75, 3.05) is 21.3 Å². The van der Waals surface area contributed by atoms with Crippen molar-refractivity contribution in [3.05, 3.63) is 53.6 Å². The van der Waals surface area contributed by atoms with Gasteiger partial charge in [0.25, 0.3) is 0 Å². The summed E-state index contributed by atoms with van der Waals surface area (Å²) in [6.45, 7) is -2.95. The summed E-state index contributed by atoms with van der Waals surface area (Å²) in [7, 11) is 4.49. The summed E-state index contributed by atoms with van der Waals surface area (Å²) in [6.07, 6.45) is 2.86. The third-order valence-corrected chi connectivity index (χ3v) is 3.49. The van der Waals surface area contributed by atoms with Crippen LogP contribution >= 0.6 is 0 Å². The molecule has 0 heterocycles. The molecule has 0 unspecified atom stereocenters. The maximum atomic E-state index is 12.3. The van der Waals surface area contributed by atoms with Crippen LogP contribution in [0.15, 0.2) is 42.5 Å². The molecule has 0 fully saturated rings. The van der Waals surface area contributed by atoms with E-state index in [2.05, 4.69) is 4.74 Å². The predicted octanol–water partition coefficient (Wildman–Crippen LogP) is 4.21. The third kappa shape index (κ3) is 4.72. The largest absolute Gasteiger partial charge is 0.496 e. The van der Waals surface area contributed by atoms with Crippen LogP contribution in [0.3, 0.4) is 0 Å². The minimum Gasteiger partial charge on any atom is -0.496 e.